The van der Waals surface area contributed by atoms with Crippen LogP contribution in [0.1, 0.15) is 23.1 Å². The molecule has 1 unspecified atom stereocenters. The number of likely N-dealkylation sites (N-methyl/N-ethyl adjacent to an activating group) is 1. The van der Waals surface area contributed by atoms with Crippen molar-refractivity contribution >= 4 is 39.7 Å². The number of methoxy groups -OCH3 is 1. The molecule has 0 amide bonds. The van der Waals surface area contributed by atoms with E-state index in [0.29, 0.717) is 11.5 Å². The van der Waals surface area contributed by atoms with Crippen molar-refractivity contribution in [1.82, 2.24) is 4.90 Å². The van der Waals surface area contributed by atoms with Crippen LogP contribution in [-0.2, 0) is 28.4 Å². The van der Waals surface area contributed by atoms with Crippen LogP contribution in [0.4, 0.5) is 0 Å². The van der Waals surface area contributed by atoms with E-state index < -0.39 is 34.2 Å². The van der Waals surface area contributed by atoms with Crippen LogP contribution in [0.3, 0.4) is 0 Å². The van der Waals surface area contributed by atoms with Crippen LogP contribution in [0.2, 0.25) is 0 Å². The number of likely N-dealkylation sites (tertiary alicyclic amines) is 1. The summed E-state index contributed by atoms with van der Waals surface area (Å²) in [5, 5.41) is 21.1. The third-order valence-corrected chi connectivity index (χ3v) is 8.24. The van der Waals surface area contributed by atoms with Crippen LogP contribution in [-0.4, -0.2) is 108 Å². The molecule has 2 aliphatic heterocycles. The van der Waals surface area contributed by atoms with Gasteiger partial charge in [-0.1, -0.05) is 12.2 Å². The van der Waals surface area contributed by atoms with Gasteiger partial charge >= 0.3 is 29.6 Å². The van der Waals surface area contributed by atoms with E-state index in [4.69, 9.17) is 14.0 Å². The maximum absolute atomic E-state index is 11.2. The zero-order valence-electron chi connectivity index (χ0n) is 17.0. The standard InChI is InChI=1S/C21H27NO7S.Na.H/c1-22-6-5-21-14-3-4-16(24)20(21)29-19-17(28-2)8-11(7-12(23)10-30(25,26)27)13(18(19)21)9-15(14)22;;/h3-4,8,12,14-16,20,23-24H,5-7,9-10H2,1-2H3,(H,25,26,27);;/t12?,14-,15+,16-,20-,21-;;/m0../s1. The van der Waals surface area contributed by atoms with Crippen molar-refractivity contribution in [2.24, 2.45) is 5.92 Å². The SMILES string of the molecule is COc1cc(CC(O)CS(=O)(=O)O)c2c3c1O[C@H]1[C@@H](O)C=C[C@H]4[C@@H](C2)N(C)CC[C@@]341.[NaH]. The molecule has 31 heavy (non-hydrogen) atoms. The molecular formula is C21H28NNaO7S. The van der Waals surface area contributed by atoms with Gasteiger partial charge in [-0.25, -0.2) is 0 Å². The molecule has 8 nitrogen and oxygen atoms in total. The van der Waals surface area contributed by atoms with Crippen LogP contribution in [0.15, 0.2) is 18.2 Å². The van der Waals surface area contributed by atoms with Crippen molar-refractivity contribution in [2.45, 2.75) is 49.0 Å². The van der Waals surface area contributed by atoms with Gasteiger partial charge in [0, 0.05) is 22.9 Å². The number of aliphatic hydroxyl groups is 2. The number of piperidine rings is 1. The van der Waals surface area contributed by atoms with E-state index in [1.165, 1.54) is 0 Å². The summed E-state index contributed by atoms with van der Waals surface area (Å²) in [6.45, 7) is 0.887. The minimum absolute atomic E-state index is 0. The second kappa shape index (κ2) is 7.99. The van der Waals surface area contributed by atoms with Crippen molar-refractivity contribution in [3.63, 3.8) is 0 Å². The molecule has 2 heterocycles. The zero-order chi connectivity index (χ0) is 21.4. The van der Waals surface area contributed by atoms with Crippen molar-refractivity contribution in [2.75, 3.05) is 26.5 Å². The Labute approximate surface area is 204 Å². The average molecular weight is 462 g/mol. The number of aliphatic hydroxyl groups excluding tert-OH is 2. The fraction of sp³-hybridized carbons (Fsp3) is 0.619. The summed E-state index contributed by atoms with van der Waals surface area (Å²) in [5.74, 6) is 0.654. The Kier molecular flexibility index (Phi) is 6.06. The molecule has 1 aromatic carbocycles. The van der Waals surface area contributed by atoms with E-state index in [0.717, 1.165) is 36.1 Å². The predicted octanol–water partition coefficient (Wildman–Crippen LogP) is -0.356. The third-order valence-electron chi connectivity index (χ3n) is 7.43. The molecule has 10 heteroatoms. The van der Waals surface area contributed by atoms with Gasteiger partial charge in [-0.2, -0.15) is 8.42 Å². The normalized spacial score (nSPS) is 33.8. The van der Waals surface area contributed by atoms with E-state index in [1.807, 2.05) is 6.08 Å². The van der Waals surface area contributed by atoms with Gasteiger partial charge in [0.15, 0.2) is 11.5 Å². The molecule has 5 rings (SSSR count). The molecule has 166 valence electrons. The van der Waals surface area contributed by atoms with E-state index in [2.05, 4.69) is 18.0 Å². The van der Waals surface area contributed by atoms with Crippen LogP contribution in [0.5, 0.6) is 11.5 Å². The van der Waals surface area contributed by atoms with Gasteiger partial charge in [-0.05, 0) is 50.0 Å². The summed E-state index contributed by atoms with van der Waals surface area (Å²) in [5.41, 5.74) is 2.51. The first-order valence-electron chi connectivity index (χ1n) is 10.3. The van der Waals surface area contributed by atoms with Gasteiger partial charge in [0.1, 0.15) is 18.0 Å². The molecular weight excluding hydrogens is 433 g/mol. The molecule has 0 aromatic heterocycles. The molecule has 1 fully saturated rings. The molecule has 0 saturated carbocycles. The third kappa shape index (κ3) is 3.49. The second-order valence-electron chi connectivity index (χ2n) is 9.01. The molecule has 1 aromatic rings. The van der Waals surface area contributed by atoms with Crippen LogP contribution >= 0.6 is 0 Å². The van der Waals surface area contributed by atoms with Crippen LogP contribution in [0, 0.1) is 5.92 Å². The number of hydrogen-bond acceptors (Lipinski definition) is 7. The van der Waals surface area contributed by atoms with E-state index >= 15 is 0 Å². The minimum atomic E-state index is -4.29. The van der Waals surface area contributed by atoms with Gasteiger partial charge in [-0.15, -0.1) is 0 Å². The number of rotatable bonds is 5. The Hall–Kier alpha value is -0.650. The zero-order valence-corrected chi connectivity index (χ0v) is 17.8. The van der Waals surface area contributed by atoms with Crippen LogP contribution in [0.25, 0.3) is 0 Å². The molecule has 4 aliphatic rings. The second-order valence-corrected chi connectivity index (χ2v) is 10.5. The molecule has 3 N–H and O–H groups in total. The fourth-order valence-corrected chi connectivity index (χ4v) is 6.88. The first kappa shape index (κ1) is 23.5. The first-order valence-corrected chi connectivity index (χ1v) is 11.9. The quantitative estimate of drug-likeness (QED) is 0.309. The monoisotopic (exact) mass is 461 g/mol. The summed E-state index contributed by atoms with van der Waals surface area (Å²) in [6, 6.07) is 2.02. The summed E-state index contributed by atoms with van der Waals surface area (Å²) in [4.78, 5) is 2.33. The Morgan fingerprint density at radius 2 is 2.13 bits per heavy atom. The summed E-state index contributed by atoms with van der Waals surface area (Å²) in [7, 11) is -0.640. The summed E-state index contributed by atoms with van der Waals surface area (Å²) >= 11 is 0. The van der Waals surface area contributed by atoms with E-state index in [1.54, 1.807) is 13.2 Å². The number of benzene rings is 1. The Morgan fingerprint density at radius 1 is 1.39 bits per heavy atom. The summed E-state index contributed by atoms with van der Waals surface area (Å²) in [6.07, 6.45) is 3.25. The van der Waals surface area contributed by atoms with E-state index in [-0.39, 0.29) is 53.4 Å². The Morgan fingerprint density at radius 3 is 2.81 bits per heavy atom. The van der Waals surface area contributed by atoms with Gasteiger partial charge in [0.05, 0.1) is 13.2 Å². The fourth-order valence-electron chi connectivity index (χ4n) is 6.27. The molecule has 2 aliphatic carbocycles. The maximum atomic E-state index is 11.2. The summed E-state index contributed by atoms with van der Waals surface area (Å²) < 4.78 is 43.6. The molecule has 1 saturated heterocycles. The van der Waals surface area contributed by atoms with Gasteiger partial charge in [-0.3, -0.25) is 4.55 Å². The molecule has 2 bridgehead atoms. The van der Waals surface area contributed by atoms with Gasteiger partial charge < -0.3 is 24.6 Å². The number of ether oxygens (including phenoxy) is 2. The number of nitrogens with zero attached hydrogens (tertiary/aromatic N) is 1. The Bertz CT molecular complexity index is 1030. The first-order chi connectivity index (χ1) is 14.2. The average Bonchev–Trinajstić information content (AvgIpc) is 3.00. The molecule has 6 atom stereocenters. The van der Waals surface area contributed by atoms with Crippen molar-refractivity contribution in [3.8, 4) is 11.5 Å². The number of hydrogen-bond donors (Lipinski definition) is 3. The topological polar surface area (TPSA) is 117 Å². The van der Waals surface area contributed by atoms with Crippen molar-refractivity contribution in [3.05, 3.63) is 34.9 Å². The molecule has 0 radical (unpaired) electrons. The van der Waals surface area contributed by atoms with Crippen molar-refractivity contribution in [1.29, 1.82) is 0 Å². The van der Waals surface area contributed by atoms with Gasteiger partial charge in [0.25, 0.3) is 10.1 Å². The van der Waals surface area contributed by atoms with Crippen LogP contribution < -0.4 is 9.47 Å². The Balaban J connectivity index is 0.00000231. The van der Waals surface area contributed by atoms with Crippen molar-refractivity contribution < 1.29 is 32.7 Å². The molecule has 1 spiro atoms. The predicted molar refractivity (Wildman–Crippen MR) is 116 cm³/mol. The van der Waals surface area contributed by atoms with E-state index in [9.17, 15) is 18.6 Å². The van der Waals surface area contributed by atoms with Gasteiger partial charge in [0.2, 0.25) is 0 Å².